The number of hydrogen-bond acceptors (Lipinski definition) is 3. The maximum absolute atomic E-state index is 12.9. The predicted octanol–water partition coefficient (Wildman–Crippen LogP) is 4.24. The van der Waals surface area contributed by atoms with Crippen LogP contribution in [0.2, 0.25) is 0 Å². The van der Waals surface area contributed by atoms with Gasteiger partial charge in [-0.15, -0.1) is 0 Å². The molecule has 0 bridgehead atoms. The van der Waals surface area contributed by atoms with Crippen LogP contribution in [0.5, 0.6) is 5.75 Å². The molecule has 1 aliphatic rings. The molecule has 0 radical (unpaired) electrons. The highest BCUT2D eigenvalue weighted by atomic mass is 16.5. The van der Waals surface area contributed by atoms with Crippen molar-refractivity contribution in [3.63, 3.8) is 0 Å². The maximum atomic E-state index is 12.9. The SMILES string of the molecule is Cc1ccc(C)c(OC(C)(C)C(=O)NC2CCN(Cc3ccccc3)CC2)c1. The third-order valence-electron chi connectivity index (χ3n) is 5.43. The molecule has 0 saturated carbocycles. The van der Waals surface area contributed by atoms with Gasteiger partial charge in [-0.3, -0.25) is 9.69 Å². The molecule has 3 rings (SSSR count). The number of likely N-dealkylation sites (tertiary alicyclic amines) is 1. The first-order valence-electron chi connectivity index (χ1n) is 10.2. The Balaban J connectivity index is 1.51. The van der Waals surface area contributed by atoms with Crippen LogP contribution in [0, 0.1) is 13.8 Å². The molecule has 1 N–H and O–H groups in total. The van der Waals surface area contributed by atoms with E-state index in [2.05, 4.69) is 40.5 Å². The Hall–Kier alpha value is -2.33. The Morgan fingerprint density at radius 2 is 1.79 bits per heavy atom. The summed E-state index contributed by atoms with van der Waals surface area (Å²) in [4.78, 5) is 15.3. The number of carbonyl (C=O) groups is 1. The molecule has 1 heterocycles. The van der Waals surface area contributed by atoms with E-state index in [4.69, 9.17) is 4.74 Å². The fourth-order valence-electron chi connectivity index (χ4n) is 3.57. The number of piperidine rings is 1. The second kappa shape index (κ2) is 8.78. The molecule has 0 spiro atoms. The topological polar surface area (TPSA) is 41.6 Å². The van der Waals surface area contributed by atoms with E-state index < -0.39 is 5.60 Å². The van der Waals surface area contributed by atoms with Crippen molar-refractivity contribution in [2.75, 3.05) is 13.1 Å². The van der Waals surface area contributed by atoms with Crippen molar-refractivity contribution in [1.29, 1.82) is 0 Å². The number of ether oxygens (including phenoxy) is 1. The van der Waals surface area contributed by atoms with Crippen molar-refractivity contribution in [3.05, 3.63) is 65.2 Å². The van der Waals surface area contributed by atoms with Crippen molar-refractivity contribution in [3.8, 4) is 5.75 Å². The zero-order valence-corrected chi connectivity index (χ0v) is 17.5. The first kappa shape index (κ1) is 20.4. The van der Waals surface area contributed by atoms with E-state index in [-0.39, 0.29) is 11.9 Å². The summed E-state index contributed by atoms with van der Waals surface area (Å²) in [5, 5.41) is 3.21. The van der Waals surface area contributed by atoms with Crippen molar-refractivity contribution < 1.29 is 9.53 Å². The summed E-state index contributed by atoms with van der Waals surface area (Å²) in [7, 11) is 0. The van der Waals surface area contributed by atoms with E-state index in [9.17, 15) is 4.79 Å². The number of aryl methyl sites for hydroxylation is 2. The van der Waals surface area contributed by atoms with E-state index in [1.54, 1.807) is 0 Å². The molecule has 0 aromatic heterocycles. The quantitative estimate of drug-likeness (QED) is 0.815. The number of benzene rings is 2. The Kier molecular flexibility index (Phi) is 6.40. The molecule has 1 amide bonds. The van der Waals surface area contributed by atoms with Crippen molar-refractivity contribution in [2.45, 2.75) is 58.7 Å². The number of nitrogens with one attached hydrogen (secondary N) is 1. The minimum absolute atomic E-state index is 0.0464. The third-order valence-corrected chi connectivity index (χ3v) is 5.43. The van der Waals surface area contributed by atoms with Gasteiger partial charge in [0, 0.05) is 25.7 Å². The summed E-state index contributed by atoms with van der Waals surface area (Å²) in [5.41, 5.74) is 2.61. The molecule has 0 aliphatic carbocycles. The number of amides is 1. The molecule has 1 saturated heterocycles. The highest BCUT2D eigenvalue weighted by Gasteiger charge is 2.33. The van der Waals surface area contributed by atoms with E-state index in [1.165, 1.54) is 5.56 Å². The van der Waals surface area contributed by atoms with Gasteiger partial charge in [0.05, 0.1) is 0 Å². The standard InChI is InChI=1S/C24H32N2O2/c1-18-10-11-19(2)22(16-18)28-24(3,4)23(27)25-21-12-14-26(15-13-21)17-20-8-6-5-7-9-20/h5-11,16,21H,12-15,17H2,1-4H3,(H,25,27). The number of carbonyl (C=O) groups excluding carboxylic acids is 1. The largest absolute Gasteiger partial charge is 0.478 e. The first-order chi connectivity index (χ1) is 13.3. The minimum Gasteiger partial charge on any atom is -0.478 e. The molecule has 4 heteroatoms. The summed E-state index contributed by atoms with van der Waals surface area (Å²) in [6.45, 7) is 10.7. The predicted molar refractivity (Wildman–Crippen MR) is 114 cm³/mol. The van der Waals surface area contributed by atoms with Crippen LogP contribution in [0.15, 0.2) is 48.5 Å². The molecule has 2 aromatic carbocycles. The van der Waals surface area contributed by atoms with Crippen LogP contribution in [0.25, 0.3) is 0 Å². The van der Waals surface area contributed by atoms with Crippen LogP contribution in [0.1, 0.15) is 43.4 Å². The van der Waals surface area contributed by atoms with Gasteiger partial charge in [0.1, 0.15) is 5.75 Å². The fraction of sp³-hybridized carbons (Fsp3) is 0.458. The van der Waals surface area contributed by atoms with Crippen molar-refractivity contribution >= 4 is 5.91 Å². The lowest BCUT2D eigenvalue weighted by Gasteiger charge is -2.34. The van der Waals surface area contributed by atoms with Crippen LogP contribution in [0.3, 0.4) is 0 Å². The van der Waals surface area contributed by atoms with Crippen molar-refractivity contribution in [2.24, 2.45) is 0 Å². The van der Waals surface area contributed by atoms with Crippen LogP contribution in [-0.4, -0.2) is 35.5 Å². The Bertz CT molecular complexity index is 794. The Morgan fingerprint density at radius 1 is 1.11 bits per heavy atom. The molecule has 0 atom stereocenters. The molecule has 1 aliphatic heterocycles. The van der Waals surface area contributed by atoms with Crippen LogP contribution < -0.4 is 10.1 Å². The first-order valence-corrected chi connectivity index (χ1v) is 10.2. The molecule has 2 aromatic rings. The van der Waals surface area contributed by atoms with Gasteiger partial charge >= 0.3 is 0 Å². The highest BCUT2D eigenvalue weighted by Crippen LogP contribution is 2.25. The van der Waals surface area contributed by atoms with Gasteiger partial charge in [0.25, 0.3) is 5.91 Å². The zero-order valence-electron chi connectivity index (χ0n) is 17.5. The average molecular weight is 381 g/mol. The number of nitrogens with zero attached hydrogens (tertiary/aromatic N) is 1. The second-order valence-electron chi connectivity index (χ2n) is 8.39. The molecule has 28 heavy (non-hydrogen) atoms. The Labute approximate surface area is 168 Å². The van der Waals surface area contributed by atoms with Gasteiger partial charge in [-0.1, -0.05) is 42.5 Å². The van der Waals surface area contributed by atoms with Gasteiger partial charge in [0.15, 0.2) is 5.60 Å². The van der Waals surface area contributed by atoms with Gasteiger partial charge < -0.3 is 10.1 Å². The molecule has 150 valence electrons. The summed E-state index contributed by atoms with van der Waals surface area (Å²) in [6.07, 6.45) is 1.94. The van der Waals surface area contributed by atoms with E-state index in [0.717, 1.165) is 49.4 Å². The van der Waals surface area contributed by atoms with Gasteiger partial charge in [-0.2, -0.15) is 0 Å². The van der Waals surface area contributed by atoms with E-state index in [0.29, 0.717) is 0 Å². The molecular formula is C24H32N2O2. The van der Waals surface area contributed by atoms with Crippen LogP contribution >= 0.6 is 0 Å². The summed E-state index contributed by atoms with van der Waals surface area (Å²) < 4.78 is 6.09. The van der Waals surface area contributed by atoms with Gasteiger partial charge in [-0.05, 0) is 63.3 Å². The second-order valence-corrected chi connectivity index (χ2v) is 8.39. The molecule has 0 unspecified atom stereocenters. The average Bonchev–Trinajstić information content (AvgIpc) is 2.67. The van der Waals surface area contributed by atoms with Gasteiger partial charge in [-0.25, -0.2) is 0 Å². The van der Waals surface area contributed by atoms with Crippen molar-refractivity contribution in [1.82, 2.24) is 10.2 Å². The van der Waals surface area contributed by atoms with E-state index in [1.807, 2.05) is 45.9 Å². The van der Waals surface area contributed by atoms with E-state index >= 15 is 0 Å². The summed E-state index contributed by atoms with van der Waals surface area (Å²) in [5.74, 6) is 0.729. The fourth-order valence-corrected chi connectivity index (χ4v) is 3.57. The normalized spacial score (nSPS) is 16.0. The minimum atomic E-state index is -0.903. The summed E-state index contributed by atoms with van der Waals surface area (Å²) in [6, 6.07) is 16.8. The highest BCUT2D eigenvalue weighted by molar-refractivity contribution is 5.85. The smallest absolute Gasteiger partial charge is 0.263 e. The van der Waals surface area contributed by atoms with Gasteiger partial charge in [0.2, 0.25) is 0 Å². The maximum Gasteiger partial charge on any atom is 0.263 e. The summed E-state index contributed by atoms with van der Waals surface area (Å²) >= 11 is 0. The van der Waals surface area contributed by atoms with Crippen LogP contribution in [-0.2, 0) is 11.3 Å². The zero-order chi connectivity index (χ0) is 20.1. The third kappa shape index (κ3) is 5.35. The monoisotopic (exact) mass is 380 g/mol. The Morgan fingerprint density at radius 3 is 2.46 bits per heavy atom. The number of rotatable bonds is 6. The van der Waals surface area contributed by atoms with Crippen LogP contribution in [0.4, 0.5) is 0 Å². The molecule has 1 fully saturated rings. The lowest BCUT2D eigenvalue weighted by atomic mass is 10.0. The molecule has 4 nitrogen and oxygen atoms in total. The lowest BCUT2D eigenvalue weighted by Crippen LogP contribution is -2.52. The number of hydrogen-bond donors (Lipinski definition) is 1. The lowest BCUT2D eigenvalue weighted by molar-refractivity contribution is -0.135. The molecular weight excluding hydrogens is 348 g/mol.